The van der Waals surface area contributed by atoms with Gasteiger partial charge in [0.15, 0.2) is 6.61 Å². The lowest BCUT2D eigenvalue weighted by Crippen LogP contribution is -2.50. The van der Waals surface area contributed by atoms with Gasteiger partial charge in [-0.3, -0.25) is 9.59 Å². The molecule has 0 aliphatic heterocycles. The Morgan fingerprint density at radius 3 is 2.45 bits per heavy atom. The summed E-state index contributed by atoms with van der Waals surface area (Å²) < 4.78 is 5.92. The second kappa shape index (κ2) is 11.3. The zero-order valence-corrected chi connectivity index (χ0v) is 21.2. The summed E-state index contributed by atoms with van der Waals surface area (Å²) in [5.41, 5.74) is 3.96. The molecule has 5 nitrogen and oxygen atoms in total. The first kappa shape index (κ1) is 25.4. The largest absolute Gasteiger partial charge is 0.483 e. The molecule has 1 aliphatic rings. The van der Waals surface area contributed by atoms with Gasteiger partial charge in [0.25, 0.3) is 5.91 Å². The molecule has 1 fully saturated rings. The van der Waals surface area contributed by atoms with Crippen LogP contribution in [0.2, 0.25) is 10.0 Å². The summed E-state index contributed by atoms with van der Waals surface area (Å²) in [5, 5.41) is 3.95. The number of aryl methyl sites for hydroxylation is 2. The Morgan fingerprint density at radius 2 is 1.79 bits per heavy atom. The van der Waals surface area contributed by atoms with Gasteiger partial charge in [0.1, 0.15) is 11.8 Å². The average Bonchev–Trinajstić information content (AvgIpc) is 3.28. The Balaban J connectivity index is 1.77. The predicted octanol–water partition coefficient (Wildman–Crippen LogP) is 5.77. The number of rotatable bonds is 8. The molecule has 0 bridgehead atoms. The standard InChI is InChI=1S/C26H32Cl2N2O3/c1-16-11-17(2)18(3)24(12-16)33-15-25(31)30(14-20-9-10-22(27)23(28)13-20)19(4)26(32)29-21-7-5-6-8-21/h9-13,19,21H,5-8,14-15H2,1-4H3,(H,29,32)/t19-/m0/s1. The molecule has 0 radical (unpaired) electrons. The van der Waals surface area contributed by atoms with Gasteiger partial charge in [-0.05, 0) is 81.0 Å². The quantitative estimate of drug-likeness (QED) is 0.510. The van der Waals surface area contributed by atoms with Crippen molar-refractivity contribution in [2.24, 2.45) is 0 Å². The van der Waals surface area contributed by atoms with Crippen LogP contribution in [0.5, 0.6) is 5.75 Å². The molecular weight excluding hydrogens is 459 g/mol. The smallest absolute Gasteiger partial charge is 0.261 e. The lowest BCUT2D eigenvalue weighted by molar-refractivity contribution is -0.142. The van der Waals surface area contributed by atoms with Crippen LogP contribution in [0.4, 0.5) is 0 Å². The molecule has 1 saturated carbocycles. The molecule has 3 rings (SSSR count). The molecule has 2 aromatic carbocycles. The zero-order chi connectivity index (χ0) is 24.1. The number of hydrogen-bond acceptors (Lipinski definition) is 3. The van der Waals surface area contributed by atoms with Gasteiger partial charge in [0.2, 0.25) is 5.91 Å². The number of benzene rings is 2. The van der Waals surface area contributed by atoms with Gasteiger partial charge in [-0.25, -0.2) is 0 Å². The average molecular weight is 491 g/mol. The second-order valence-electron chi connectivity index (χ2n) is 8.93. The van der Waals surface area contributed by atoms with Crippen LogP contribution in [0.25, 0.3) is 0 Å². The Labute approximate surface area is 206 Å². The molecule has 0 heterocycles. The maximum absolute atomic E-state index is 13.3. The van der Waals surface area contributed by atoms with E-state index >= 15 is 0 Å². The van der Waals surface area contributed by atoms with E-state index in [1.54, 1.807) is 24.0 Å². The highest BCUT2D eigenvalue weighted by Gasteiger charge is 2.29. The highest BCUT2D eigenvalue weighted by molar-refractivity contribution is 6.42. The van der Waals surface area contributed by atoms with E-state index in [4.69, 9.17) is 27.9 Å². The summed E-state index contributed by atoms with van der Waals surface area (Å²) in [4.78, 5) is 27.8. The number of nitrogens with zero attached hydrogens (tertiary/aromatic N) is 1. The first-order valence-electron chi connectivity index (χ1n) is 11.4. The van der Waals surface area contributed by atoms with Crippen molar-refractivity contribution >= 4 is 35.0 Å². The van der Waals surface area contributed by atoms with E-state index in [0.29, 0.717) is 15.8 Å². The summed E-state index contributed by atoms with van der Waals surface area (Å²) in [6.45, 7) is 7.80. The Hall–Kier alpha value is -2.24. The van der Waals surface area contributed by atoms with E-state index < -0.39 is 6.04 Å². The summed E-state index contributed by atoms with van der Waals surface area (Å²) >= 11 is 12.2. The third kappa shape index (κ3) is 6.64. The van der Waals surface area contributed by atoms with Crippen molar-refractivity contribution in [2.45, 2.75) is 72.0 Å². The fourth-order valence-corrected chi connectivity index (χ4v) is 4.50. The van der Waals surface area contributed by atoms with Gasteiger partial charge in [-0.1, -0.05) is 48.2 Å². The van der Waals surface area contributed by atoms with Gasteiger partial charge in [-0.2, -0.15) is 0 Å². The lowest BCUT2D eigenvalue weighted by Gasteiger charge is -2.30. The topological polar surface area (TPSA) is 58.6 Å². The van der Waals surface area contributed by atoms with Crippen molar-refractivity contribution in [2.75, 3.05) is 6.61 Å². The van der Waals surface area contributed by atoms with Crippen molar-refractivity contribution in [3.8, 4) is 5.75 Å². The lowest BCUT2D eigenvalue weighted by atomic mass is 10.1. The minimum absolute atomic E-state index is 0.155. The van der Waals surface area contributed by atoms with Crippen LogP contribution in [0.1, 0.15) is 54.9 Å². The maximum Gasteiger partial charge on any atom is 0.261 e. The number of hydrogen-bond donors (Lipinski definition) is 1. The zero-order valence-electron chi connectivity index (χ0n) is 19.7. The van der Waals surface area contributed by atoms with Crippen LogP contribution < -0.4 is 10.1 Å². The third-order valence-electron chi connectivity index (χ3n) is 6.32. The van der Waals surface area contributed by atoms with Gasteiger partial charge in [0.05, 0.1) is 10.0 Å². The van der Waals surface area contributed by atoms with Crippen molar-refractivity contribution in [3.63, 3.8) is 0 Å². The molecular formula is C26H32Cl2N2O3. The fraction of sp³-hybridized carbons (Fsp3) is 0.462. The second-order valence-corrected chi connectivity index (χ2v) is 9.74. The Kier molecular flexibility index (Phi) is 8.66. The Morgan fingerprint density at radius 1 is 1.09 bits per heavy atom. The van der Waals surface area contributed by atoms with E-state index in [2.05, 4.69) is 11.4 Å². The van der Waals surface area contributed by atoms with E-state index in [1.807, 2.05) is 32.9 Å². The summed E-state index contributed by atoms with van der Waals surface area (Å²) in [7, 11) is 0. The van der Waals surface area contributed by atoms with Crippen molar-refractivity contribution in [1.82, 2.24) is 10.2 Å². The molecule has 1 atom stereocenters. The van der Waals surface area contributed by atoms with Gasteiger partial charge in [0, 0.05) is 12.6 Å². The molecule has 1 aliphatic carbocycles. The predicted molar refractivity (Wildman–Crippen MR) is 133 cm³/mol. The van der Waals surface area contributed by atoms with Crippen LogP contribution >= 0.6 is 23.2 Å². The van der Waals surface area contributed by atoms with E-state index in [-0.39, 0.29) is 31.0 Å². The molecule has 0 spiro atoms. The minimum Gasteiger partial charge on any atom is -0.483 e. The molecule has 2 aromatic rings. The van der Waals surface area contributed by atoms with Crippen molar-refractivity contribution in [1.29, 1.82) is 0 Å². The molecule has 2 amide bonds. The van der Waals surface area contributed by atoms with E-state index in [9.17, 15) is 9.59 Å². The van der Waals surface area contributed by atoms with Crippen LogP contribution in [0.3, 0.4) is 0 Å². The molecule has 0 unspecified atom stereocenters. The number of amides is 2. The van der Waals surface area contributed by atoms with Gasteiger partial charge < -0.3 is 15.0 Å². The molecule has 1 N–H and O–H groups in total. The third-order valence-corrected chi connectivity index (χ3v) is 7.06. The van der Waals surface area contributed by atoms with Crippen molar-refractivity contribution in [3.05, 3.63) is 62.6 Å². The first-order valence-corrected chi connectivity index (χ1v) is 12.2. The minimum atomic E-state index is -0.656. The molecule has 0 saturated heterocycles. The highest BCUT2D eigenvalue weighted by Crippen LogP contribution is 2.25. The monoisotopic (exact) mass is 490 g/mol. The number of halogens is 2. The van der Waals surface area contributed by atoms with Crippen molar-refractivity contribution < 1.29 is 14.3 Å². The normalized spacial score (nSPS) is 14.7. The molecule has 33 heavy (non-hydrogen) atoms. The molecule has 0 aromatic heterocycles. The molecule has 7 heteroatoms. The van der Waals surface area contributed by atoms with Crippen LogP contribution in [0.15, 0.2) is 30.3 Å². The highest BCUT2D eigenvalue weighted by atomic mass is 35.5. The maximum atomic E-state index is 13.3. The first-order chi connectivity index (χ1) is 15.7. The Bertz CT molecular complexity index is 1020. The summed E-state index contributed by atoms with van der Waals surface area (Å²) in [6, 6.07) is 8.75. The number of ether oxygens (including phenoxy) is 1. The molecule has 178 valence electrons. The van der Waals surface area contributed by atoms with Crippen LogP contribution in [0, 0.1) is 20.8 Å². The number of carbonyl (C=O) groups excluding carboxylic acids is 2. The summed E-state index contributed by atoms with van der Waals surface area (Å²) in [5.74, 6) is 0.255. The fourth-order valence-electron chi connectivity index (χ4n) is 4.18. The number of nitrogens with one attached hydrogen (secondary N) is 1. The number of carbonyl (C=O) groups is 2. The van der Waals surface area contributed by atoms with E-state index in [0.717, 1.165) is 47.9 Å². The summed E-state index contributed by atoms with van der Waals surface area (Å²) in [6.07, 6.45) is 4.20. The van der Waals surface area contributed by atoms with E-state index in [1.165, 1.54) is 0 Å². The van der Waals surface area contributed by atoms with Crippen LogP contribution in [-0.4, -0.2) is 35.4 Å². The SMILES string of the molecule is Cc1cc(C)c(C)c(OCC(=O)N(Cc2ccc(Cl)c(Cl)c2)[C@@H](C)C(=O)NC2CCCC2)c1. The van der Waals surface area contributed by atoms with Gasteiger partial charge >= 0.3 is 0 Å². The van der Waals surface area contributed by atoms with Gasteiger partial charge in [-0.15, -0.1) is 0 Å². The van der Waals surface area contributed by atoms with Crippen LogP contribution in [-0.2, 0) is 16.1 Å².